The third kappa shape index (κ3) is 3.21. The SMILES string of the molecule is CC1CCC(C(C)C)C(C(O)C(C)(C)O)C1. The molecule has 1 rings (SSSR count). The van der Waals surface area contributed by atoms with Gasteiger partial charge in [-0.3, -0.25) is 0 Å². The number of hydrogen-bond donors (Lipinski definition) is 2. The van der Waals surface area contributed by atoms with Crippen LogP contribution in [-0.2, 0) is 0 Å². The minimum absolute atomic E-state index is 0.253. The highest BCUT2D eigenvalue weighted by Gasteiger charge is 2.40. The molecule has 0 saturated heterocycles. The van der Waals surface area contributed by atoms with E-state index in [1.165, 1.54) is 12.8 Å². The third-order valence-electron chi connectivity index (χ3n) is 4.20. The van der Waals surface area contributed by atoms with Gasteiger partial charge in [-0.25, -0.2) is 0 Å². The van der Waals surface area contributed by atoms with Crippen LogP contribution >= 0.6 is 0 Å². The van der Waals surface area contributed by atoms with Crippen LogP contribution in [0.25, 0.3) is 0 Å². The normalized spacial score (nSPS) is 34.1. The molecule has 0 aliphatic heterocycles. The Hall–Kier alpha value is -0.0800. The van der Waals surface area contributed by atoms with Crippen molar-refractivity contribution in [3.63, 3.8) is 0 Å². The van der Waals surface area contributed by atoms with Gasteiger partial charge in [-0.1, -0.05) is 27.2 Å². The number of aliphatic hydroxyl groups excluding tert-OH is 1. The van der Waals surface area contributed by atoms with Gasteiger partial charge in [-0.15, -0.1) is 0 Å². The van der Waals surface area contributed by atoms with Gasteiger partial charge in [0.05, 0.1) is 11.7 Å². The number of aliphatic hydroxyl groups is 2. The van der Waals surface area contributed by atoms with Gasteiger partial charge in [0, 0.05) is 0 Å². The molecular formula is C14H28O2. The molecule has 1 aliphatic rings. The lowest BCUT2D eigenvalue weighted by Crippen LogP contribution is -2.47. The molecule has 96 valence electrons. The summed E-state index contributed by atoms with van der Waals surface area (Å²) in [7, 11) is 0. The maximum Gasteiger partial charge on any atom is 0.0852 e. The zero-order valence-electron chi connectivity index (χ0n) is 11.4. The Balaban J connectivity index is 2.79. The molecule has 0 heterocycles. The van der Waals surface area contributed by atoms with Crippen LogP contribution in [0.4, 0.5) is 0 Å². The maximum atomic E-state index is 10.3. The monoisotopic (exact) mass is 228 g/mol. The largest absolute Gasteiger partial charge is 0.390 e. The van der Waals surface area contributed by atoms with E-state index in [2.05, 4.69) is 20.8 Å². The standard InChI is InChI=1S/C14H28O2/c1-9(2)11-7-6-10(3)8-12(11)13(15)14(4,5)16/h9-13,15-16H,6-8H2,1-5H3. The Morgan fingerprint density at radius 3 is 2.12 bits per heavy atom. The van der Waals surface area contributed by atoms with Gasteiger partial charge >= 0.3 is 0 Å². The van der Waals surface area contributed by atoms with Gasteiger partial charge in [-0.05, 0) is 50.4 Å². The van der Waals surface area contributed by atoms with Gasteiger partial charge in [0.15, 0.2) is 0 Å². The van der Waals surface area contributed by atoms with Gasteiger partial charge in [0.2, 0.25) is 0 Å². The zero-order valence-corrected chi connectivity index (χ0v) is 11.4. The van der Waals surface area contributed by atoms with E-state index in [4.69, 9.17) is 0 Å². The van der Waals surface area contributed by atoms with Crippen LogP contribution in [0, 0.1) is 23.7 Å². The van der Waals surface area contributed by atoms with Crippen molar-refractivity contribution in [1.29, 1.82) is 0 Å². The van der Waals surface area contributed by atoms with Crippen LogP contribution in [0.5, 0.6) is 0 Å². The molecule has 2 nitrogen and oxygen atoms in total. The molecule has 4 unspecified atom stereocenters. The van der Waals surface area contributed by atoms with E-state index >= 15 is 0 Å². The molecule has 1 aliphatic carbocycles. The van der Waals surface area contributed by atoms with Crippen LogP contribution in [-0.4, -0.2) is 21.9 Å². The molecule has 0 aromatic heterocycles. The first-order valence-electron chi connectivity index (χ1n) is 6.64. The molecule has 1 saturated carbocycles. The van der Waals surface area contributed by atoms with E-state index in [0.717, 1.165) is 6.42 Å². The van der Waals surface area contributed by atoms with Crippen molar-refractivity contribution in [1.82, 2.24) is 0 Å². The number of rotatable bonds is 3. The average Bonchev–Trinajstić information content (AvgIpc) is 2.14. The Labute approximate surface area is 100 Å². The van der Waals surface area contributed by atoms with Crippen LogP contribution in [0.3, 0.4) is 0 Å². The lowest BCUT2D eigenvalue weighted by molar-refractivity contribution is -0.106. The van der Waals surface area contributed by atoms with E-state index in [9.17, 15) is 10.2 Å². The second kappa shape index (κ2) is 5.05. The first-order chi connectivity index (χ1) is 7.23. The molecule has 0 bridgehead atoms. The average molecular weight is 228 g/mol. The van der Waals surface area contributed by atoms with Crippen LogP contribution in [0.1, 0.15) is 53.9 Å². The van der Waals surface area contributed by atoms with E-state index in [1.807, 2.05) is 0 Å². The summed E-state index contributed by atoms with van der Waals surface area (Å²) in [4.78, 5) is 0. The number of hydrogen-bond acceptors (Lipinski definition) is 2. The fourth-order valence-corrected chi connectivity index (χ4v) is 3.16. The van der Waals surface area contributed by atoms with Crippen molar-refractivity contribution in [3.05, 3.63) is 0 Å². The summed E-state index contributed by atoms with van der Waals surface area (Å²) in [5.74, 6) is 2.08. The molecule has 2 heteroatoms. The molecule has 0 aromatic carbocycles. The van der Waals surface area contributed by atoms with Crippen molar-refractivity contribution in [2.24, 2.45) is 23.7 Å². The van der Waals surface area contributed by atoms with Crippen molar-refractivity contribution in [2.75, 3.05) is 0 Å². The molecule has 0 aromatic rings. The Bertz CT molecular complexity index is 215. The lowest BCUT2D eigenvalue weighted by atomic mass is 9.66. The Morgan fingerprint density at radius 1 is 1.12 bits per heavy atom. The van der Waals surface area contributed by atoms with Crippen molar-refractivity contribution >= 4 is 0 Å². The minimum Gasteiger partial charge on any atom is -0.390 e. The van der Waals surface area contributed by atoms with E-state index < -0.39 is 11.7 Å². The predicted octanol–water partition coefficient (Wildman–Crippen LogP) is 2.83. The minimum atomic E-state index is -0.977. The van der Waals surface area contributed by atoms with E-state index in [1.54, 1.807) is 13.8 Å². The first-order valence-corrected chi connectivity index (χ1v) is 6.64. The second-order valence-electron chi connectivity index (χ2n) is 6.59. The van der Waals surface area contributed by atoms with Crippen LogP contribution in [0.15, 0.2) is 0 Å². The highest BCUT2D eigenvalue weighted by atomic mass is 16.3. The Kier molecular flexibility index (Phi) is 4.42. The third-order valence-corrected chi connectivity index (χ3v) is 4.20. The zero-order chi connectivity index (χ0) is 12.5. The van der Waals surface area contributed by atoms with Crippen molar-refractivity contribution in [3.8, 4) is 0 Å². The molecule has 0 spiro atoms. The van der Waals surface area contributed by atoms with Crippen LogP contribution < -0.4 is 0 Å². The summed E-state index contributed by atoms with van der Waals surface area (Å²) in [6, 6.07) is 0. The highest BCUT2D eigenvalue weighted by Crippen LogP contribution is 2.41. The van der Waals surface area contributed by atoms with Gasteiger partial charge in [0.1, 0.15) is 0 Å². The molecule has 2 N–H and O–H groups in total. The quantitative estimate of drug-likeness (QED) is 0.780. The van der Waals surface area contributed by atoms with E-state index in [-0.39, 0.29) is 5.92 Å². The molecule has 4 atom stereocenters. The lowest BCUT2D eigenvalue weighted by Gasteiger charge is -2.43. The summed E-state index contributed by atoms with van der Waals surface area (Å²) >= 11 is 0. The molecular weight excluding hydrogens is 200 g/mol. The summed E-state index contributed by atoms with van der Waals surface area (Å²) in [5, 5.41) is 20.3. The van der Waals surface area contributed by atoms with E-state index in [0.29, 0.717) is 17.8 Å². The van der Waals surface area contributed by atoms with Gasteiger partial charge < -0.3 is 10.2 Å². The summed E-state index contributed by atoms with van der Waals surface area (Å²) in [6.45, 7) is 10.1. The fourth-order valence-electron chi connectivity index (χ4n) is 3.16. The second-order valence-corrected chi connectivity index (χ2v) is 6.59. The summed E-state index contributed by atoms with van der Waals surface area (Å²) in [5.41, 5.74) is -0.977. The summed E-state index contributed by atoms with van der Waals surface area (Å²) < 4.78 is 0. The van der Waals surface area contributed by atoms with Gasteiger partial charge in [0.25, 0.3) is 0 Å². The molecule has 16 heavy (non-hydrogen) atoms. The molecule has 0 radical (unpaired) electrons. The maximum absolute atomic E-state index is 10.3. The Morgan fingerprint density at radius 2 is 1.69 bits per heavy atom. The molecule has 0 amide bonds. The predicted molar refractivity (Wildman–Crippen MR) is 67.1 cm³/mol. The first kappa shape index (κ1) is 14.0. The van der Waals surface area contributed by atoms with Crippen molar-refractivity contribution < 1.29 is 10.2 Å². The fraction of sp³-hybridized carbons (Fsp3) is 1.00. The summed E-state index contributed by atoms with van der Waals surface area (Å²) in [6.07, 6.45) is 2.91. The van der Waals surface area contributed by atoms with Crippen molar-refractivity contribution in [2.45, 2.75) is 65.6 Å². The van der Waals surface area contributed by atoms with Gasteiger partial charge in [-0.2, -0.15) is 0 Å². The smallest absolute Gasteiger partial charge is 0.0852 e. The molecule has 1 fully saturated rings. The highest BCUT2D eigenvalue weighted by molar-refractivity contribution is 4.91. The van der Waals surface area contributed by atoms with Crippen LogP contribution in [0.2, 0.25) is 0 Å². The topological polar surface area (TPSA) is 40.5 Å².